The zero-order valence-electron chi connectivity index (χ0n) is 14.6. The van der Waals surface area contributed by atoms with Gasteiger partial charge in [-0.2, -0.15) is 0 Å². The lowest BCUT2D eigenvalue weighted by Crippen LogP contribution is -2.51. The van der Waals surface area contributed by atoms with Gasteiger partial charge in [-0.15, -0.1) is 0 Å². The van der Waals surface area contributed by atoms with Crippen molar-refractivity contribution < 1.29 is 14.0 Å². The van der Waals surface area contributed by atoms with Crippen molar-refractivity contribution in [2.24, 2.45) is 11.3 Å². The van der Waals surface area contributed by atoms with Gasteiger partial charge in [0.25, 0.3) is 0 Å². The summed E-state index contributed by atoms with van der Waals surface area (Å²) in [5.41, 5.74) is 0.206. The van der Waals surface area contributed by atoms with Crippen LogP contribution in [0.3, 0.4) is 0 Å². The van der Waals surface area contributed by atoms with Crippen molar-refractivity contribution in [3.05, 3.63) is 0 Å². The molecule has 0 unspecified atom stereocenters. The van der Waals surface area contributed by atoms with Gasteiger partial charge in [-0.3, -0.25) is 4.79 Å². The maximum atomic E-state index is 11.7. The molecule has 2 rings (SSSR count). The Morgan fingerprint density at radius 3 is 2.57 bits per heavy atom. The average molecular weight is 313 g/mol. The molecule has 0 aromatic rings. The molecule has 4 heteroatoms. The van der Waals surface area contributed by atoms with Gasteiger partial charge >= 0.3 is 5.97 Å². The number of hydrogen-bond donors (Lipinski definition) is 0. The summed E-state index contributed by atoms with van der Waals surface area (Å²) in [4.78, 5) is 11.7. The van der Waals surface area contributed by atoms with Gasteiger partial charge in [-0.05, 0) is 42.8 Å². The van der Waals surface area contributed by atoms with Crippen molar-refractivity contribution >= 4 is 14.3 Å². The Kier molecular flexibility index (Phi) is 4.61. The molecule has 21 heavy (non-hydrogen) atoms. The smallest absolute Gasteiger partial charge is 0.305 e. The minimum atomic E-state index is -1.78. The van der Waals surface area contributed by atoms with E-state index in [9.17, 15) is 4.79 Å². The van der Waals surface area contributed by atoms with Gasteiger partial charge in [0.15, 0.2) is 8.32 Å². The number of esters is 1. The van der Waals surface area contributed by atoms with Gasteiger partial charge < -0.3 is 9.16 Å². The minimum Gasteiger partial charge on any atom is -0.465 e. The lowest BCUT2D eigenvalue weighted by Gasteiger charge is -2.48. The maximum Gasteiger partial charge on any atom is 0.305 e. The average Bonchev–Trinajstić information content (AvgIpc) is 2.48. The fourth-order valence-electron chi connectivity index (χ4n) is 3.50. The van der Waals surface area contributed by atoms with Crippen molar-refractivity contribution in [1.29, 1.82) is 0 Å². The molecule has 3 atom stereocenters. The minimum absolute atomic E-state index is 0.0308. The summed E-state index contributed by atoms with van der Waals surface area (Å²) in [7, 11) is -1.78. The van der Waals surface area contributed by atoms with Gasteiger partial charge in [-0.1, -0.05) is 34.1 Å². The number of rotatable bonds is 2. The predicted octanol–water partition coefficient (Wildman–Crippen LogP) is 4.52. The standard InChI is InChI=1S/C17H32O3Si/c1-16(2,3)21(5,6)20-14-8-7-10-17(4)11-9-15(18)19-12-13(14)17/h13-14H,7-12H2,1-6H3/t13-,14-,17+/m1/s1. The molecular weight excluding hydrogens is 280 g/mol. The van der Waals surface area contributed by atoms with Crippen LogP contribution in [0.5, 0.6) is 0 Å². The van der Waals surface area contributed by atoms with Crippen LogP contribution in [-0.4, -0.2) is 27.0 Å². The molecule has 1 aliphatic carbocycles. The molecule has 0 spiro atoms. The van der Waals surface area contributed by atoms with Crippen molar-refractivity contribution in [2.45, 2.75) is 84.0 Å². The molecule has 0 radical (unpaired) electrons. The fourth-order valence-corrected chi connectivity index (χ4v) is 4.89. The molecule has 1 saturated carbocycles. The summed E-state index contributed by atoms with van der Waals surface area (Å²) < 4.78 is 12.2. The van der Waals surface area contributed by atoms with Gasteiger partial charge in [0, 0.05) is 12.3 Å². The topological polar surface area (TPSA) is 35.5 Å². The summed E-state index contributed by atoms with van der Waals surface area (Å²) in [5, 5.41) is 0.224. The Hall–Kier alpha value is -0.353. The highest BCUT2D eigenvalue weighted by molar-refractivity contribution is 6.74. The van der Waals surface area contributed by atoms with Crippen molar-refractivity contribution in [2.75, 3.05) is 6.61 Å². The molecule has 0 amide bonds. The van der Waals surface area contributed by atoms with Crippen LogP contribution in [0.1, 0.15) is 59.8 Å². The lowest BCUT2D eigenvalue weighted by atomic mass is 9.64. The molecule has 0 aromatic carbocycles. The van der Waals surface area contributed by atoms with E-state index in [1.807, 2.05) is 0 Å². The van der Waals surface area contributed by atoms with Crippen LogP contribution < -0.4 is 0 Å². The van der Waals surface area contributed by atoms with E-state index in [1.165, 1.54) is 12.8 Å². The predicted molar refractivity (Wildman–Crippen MR) is 87.7 cm³/mol. The summed E-state index contributed by atoms with van der Waals surface area (Å²) in [5.74, 6) is 0.337. The quantitative estimate of drug-likeness (QED) is 0.555. The monoisotopic (exact) mass is 312 g/mol. The molecule has 122 valence electrons. The Labute approximate surface area is 130 Å². The number of fused-ring (bicyclic) bond motifs is 1. The number of cyclic esters (lactones) is 1. The Balaban J connectivity index is 2.18. The van der Waals surface area contributed by atoms with Gasteiger partial charge in [0.2, 0.25) is 0 Å². The van der Waals surface area contributed by atoms with E-state index in [0.29, 0.717) is 18.9 Å². The molecule has 2 fully saturated rings. The Morgan fingerprint density at radius 2 is 1.95 bits per heavy atom. The molecule has 0 bridgehead atoms. The van der Waals surface area contributed by atoms with Gasteiger partial charge in [0.1, 0.15) is 0 Å². The van der Waals surface area contributed by atoms with Crippen LogP contribution in [0.2, 0.25) is 18.1 Å². The van der Waals surface area contributed by atoms with Crippen molar-refractivity contribution in [1.82, 2.24) is 0 Å². The first-order valence-corrected chi connectivity index (χ1v) is 11.3. The van der Waals surface area contributed by atoms with Crippen LogP contribution in [0.25, 0.3) is 0 Å². The van der Waals surface area contributed by atoms with Crippen LogP contribution >= 0.6 is 0 Å². The lowest BCUT2D eigenvalue weighted by molar-refractivity contribution is -0.145. The largest absolute Gasteiger partial charge is 0.465 e. The maximum absolute atomic E-state index is 11.7. The third-order valence-corrected chi connectivity index (χ3v) is 10.7. The molecule has 0 N–H and O–H groups in total. The zero-order chi connectivity index (χ0) is 15.9. The second-order valence-electron chi connectivity index (χ2n) is 8.75. The van der Waals surface area contributed by atoms with E-state index in [0.717, 1.165) is 12.8 Å². The van der Waals surface area contributed by atoms with Gasteiger partial charge in [0.05, 0.1) is 12.7 Å². The normalized spacial score (nSPS) is 34.9. The van der Waals surface area contributed by atoms with E-state index < -0.39 is 8.32 Å². The van der Waals surface area contributed by atoms with E-state index in [4.69, 9.17) is 9.16 Å². The molecular formula is C17H32O3Si. The van der Waals surface area contributed by atoms with E-state index in [1.54, 1.807) is 0 Å². The van der Waals surface area contributed by atoms with E-state index in [-0.39, 0.29) is 22.5 Å². The number of carbonyl (C=O) groups is 1. The fraction of sp³-hybridized carbons (Fsp3) is 0.941. The van der Waals surface area contributed by atoms with Crippen molar-refractivity contribution in [3.63, 3.8) is 0 Å². The molecule has 0 aromatic heterocycles. The molecule has 2 aliphatic rings. The summed E-state index contributed by atoms with van der Waals surface area (Å²) in [6.45, 7) is 14.4. The first-order chi connectivity index (χ1) is 9.55. The summed E-state index contributed by atoms with van der Waals surface area (Å²) >= 11 is 0. The van der Waals surface area contributed by atoms with Crippen LogP contribution in [0.4, 0.5) is 0 Å². The second-order valence-corrected chi connectivity index (χ2v) is 13.5. The Bertz CT molecular complexity index is 399. The molecule has 1 heterocycles. The van der Waals surface area contributed by atoms with Gasteiger partial charge in [-0.25, -0.2) is 0 Å². The number of ether oxygens (including phenoxy) is 1. The van der Waals surface area contributed by atoms with Crippen LogP contribution in [-0.2, 0) is 14.0 Å². The van der Waals surface area contributed by atoms with E-state index >= 15 is 0 Å². The molecule has 1 aliphatic heterocycles. The first-order valence-electron chi connectivity index (χ1n) is 8.39. The zero-order valence-corrected chi connectivity index (χ0v) is 15.6. The first kappa shape index (κ1) is 17.0. The third-order valence-electron chi connectivity index (χ3n) is 6.16. The van der Waals surface area contributed by atoms with Crippen LogP contribution in [0.15, 0.2) is 0 Å². The Morgan fingerprint density at radius 1 is 1.29 bits per heavy atom. The summed E-state index contributed by atoms with van der Waals surface area (Å²) in [6.07, 6.45) is 5.31. The third kappa shape index (κ3) is 3.53. The summed E-state index contributed by atoms with van der Waals surface area (Å²) in [6, 6.07) is 0. The second kappa shape index (κ2) is 5.69. The highest BCUT2D eigenvalue weighted by Crippen LogP contribution is 2.49. The van der Waals surface area contributed by atoms with Crippen LogP contribution in [0, 0.1) is 11.3 Å². The highest BCUT2D eigenvalue weighted by Gasteiger charge is 2.48. The number of carbonyl (C=O) groups excluding carboxylic acids is 1. The highest BCUT2D eigenvalue weighted by atomic mass is 28.4. The number of hydrogen-bond acceptors (Lipinski definition) is 3. The van der Waals surface area contributed by atoms with Crippen molar-refractivity contribution in [3.8, 4) is 0 Å². The van der Waals surface area contributed by atoms with E-state index in [2.05, 4.69) is 40.8 Å². The molecule has 1 saturated heterocycles. The SMILES string of the molecule is CC(C)(C)[Si](C)(C)O[C@@H]1CCC[C@@]2(C)CCC(=O)OC[C@H]12. The molecule has 3 nitrogen and oxygen atoms in total.